The van der Waals surface area contributed by atoms with Crippen molar-refractivity contribution in [3.05, 3.63) is 75.3 Å². The highest BCUT2D eigenvalue weighted by Gasteiger charge is 2.12. The topological polar surface area (TPSA) is 101 Å². The van der Waals surface area contributed by atoms with Crippen LogP contribution in [-0.4, -0.2) is 29.8 Å². The molecule has 0 spiro atoms. The van der Waals surface area contributed by atoms with Crippen molar-refractivity contribution in [2.24, 2.45) is 0 Å². The summed E-state index contributed by atoms with van der Waals surface area (Å²) in [6.45, 7) is 4.55. The number of rotatable bonds is 8. The van der Waals surface area contributed by atoms with Gasteiger partial charge in [0.1, 0.15) is 0 Å². The largest absolute Gasteiger partial charge is 0.354 e. The summed E-state index contributed by atoms with van der Waals surface area (Å²) in [6, 6.07) is 13.6. The summed E-state index contributed by atoms with van der Waals surface area (Å²) in [5.74, 6) is -0.362. The maximum atomic E-state index is 12.0. The molecule has 0 aliphatic rings. The summed E-state index contributed by atoms with van der Waals surface area (Å²) in [5.41, 5.74) is 2.37. The SMILES string of the molecule is CC(C)c1ccc(CCNC(=O)CNC(=O)c2cccc([N+](=O)[O-])c2)cc1. The van der Waals surface area contributed by atoms with Gasteiger partial charge in [-0.3, -0.25) is 19.7 Å². The molecule has 2 amide bonds. The van der Waals surface area contributed by atoms with Gasteiger partial charge in [-0.05, 0) is 29.5 Å². The normalized spacial score (nSPS) is 10.5. The zero-order valence-electron chi connectivity index (χ0n) is 15.4. The van der Waals surface area contributed by atoms with E-state index in [4.69, 9.17) is 0 Å². The van der Waals surface area contributed by atoms with Crippen LogP contribution in [-0.2, 0) is 11.2 Å². The molecule has 0 radical (unpaired) electrons. The number of nitro groups is 1. The Kier molecular flexibility index (Phi) is 7.05. The number of carbonyl (C=O) groups excluding carboxylic acids is 2. The Balaban J connectivity index is 1.75. The third kappa shape index (κ3) is 6.22. The van der Waals surface area contributed by atoms with Crippen molar-refractivity contribution in [2.75, 3.05) is 13.1 Å². The second kappa shape index (κ2) is 9.47. The zero-order chi connectivity index (χ0) is 19.8. The average Bonchev–Trinajstić information content (AvgIpc) is 2.66. The quantitative estimate of drug-likeness (QED) is 0.552. The van der Waals surface area contributed by atoms with E-state index in [0.29, 0.717) is 18.9 Å². The number of amides is 2. The van der Waals surface area contributed by atoms with Crippen LogP contribution in [0.2, 0.25) is 0 Å². The molecule has 0 unspecified atom stereocenters. The van der Waals surface area contributed by atoms with Crippen LogP contribution < -0.4 is 10.6 Å². The van der Waals surface area contributed by atoms with Crippen molar-refractivity contribution in [1.82, 2.24) is 10.6 Å². The van der Waals surface area contributed by atoms with E-state index < -0.39 is 10.8 Å². The van der Waals surface area contributed by atoms with E-state index >= 15 is 0 Å². The van der Waals surface area contributed by atoms with Crippen molar-refractivity contribution in [2.45, 2.75) is 26.2 Å². The minimum Gasteiger partial charge on any atom is -0.354 e. The van der Waals surface area contributed by atoms with E-state index in [1.165, 1.54) is 29.8 Å². The van der Waals surface area contributed by atoms with Gasteiger partial charge in [-0.2, -0.15) is 0 Å². The Morgan fingerprint density at radius 1 is 1.07 bits per heavy atom. The van der Waals surface area contributed by atoms with Crippen molar-refractivity contribution in [3.8, 4) is 0 Å². The van der Waals surface area contributed by atoms with Crippen LogP contribution in [0.1, 0.15) is 41.3 Å². The molecule has 2 aromatic carbocycles. The molecule has 0 atom stereocenters. The molecule has 27 heavy (non-hydrogen) atoms. The number of non-ortho nitro benzene ring substituents is 1. The Hall–Kier alpha value is -3.22. The van der Waals surface area contributed by atoms with Gasteiger partial charge in [0.2, 0.25) is 5.91 Å². The second-order valence-electron chi connectivity index (χ2n) is 6.49. The molecule has 2 aromatic rings. The number of nitrogens with one attached hydrogen (secondary N) is 2. The van der Waals surface area contributed by atoms with Gasteiger partial charge in [0.25, 0.3) is 11.6 Å². The third-order valence-electron chi connectivity index (χ3n) is 4.11. The van der Waals surface area contributed by atoms with Crippen molar-refractivity contribution in [3.63, 3.8) is 0 Å². The molecule has 0 bridgehead atoms. The predicted octanol–water partition coefficient (Wildman–Crippen LogP) is 2.81. The molecular formula is C20H23N3O4. The second-order valence-corrected chi connectivity index (χ2v) is 6.49. The number of nitro benzene ring substituents is 1. The number of hydrogen-bond donors (Lipinski definition) is 2. The third-order valence-corrected chi connectivity index (χ3v) is 4.11. The maximum absolute atomic E-state index is 12.0. The van der Waals surface area contributed by atoms with Crippen molar-refractivity contribution >= 4 is 17.5 Å². The average molecular weight is 369 g/mol. The van der Waals surface area contributed by atoms with E-state index in [2.05, 4.69) is 36.6 Å². The predicted molar refractivity (Wildman–Crippen MR) is 103 cm³/mol. The lowest BCUT2D eigenvalue weighted by molar-refractivity contribution is -0.384. The number of benzene rings is 2. The fraction of sp³-hybridized carbons (Fsp3) is 0.300. The molecule has 0 aliphatic heterocycles. The number of carbonyl (C=O) groups is 2. The highest BCUT2D eigenvalue weighted by molar-refractivity contribution is 5.96. The molecule has 2 N–H and O–H groups in total. The molecular weight excluding hydrogens is 346 g/mol. The summed E-state index contributed by atoms with van der Waals surface area (Å²) in [7, 11) is 0. The molecule has 7 nitrogen and oxygen atoms in total. The Labute approximate surface area is 157 Å². The molecule has 142 valence electrons. The van der Waals surface area contributed by atoms with Crippen molar-refractivity contribution in [1.29, 1.82) is 0 Å². The first-order valence-electron chi connectivity index (χ1n) is 8.75. The fourth-order valence-electron chi connectivity index (χ4n) is 2.50. The van der Waals surface area contributed by atoms with Gasteiger partial charge < -0.3 is 10.6 Å². The van der Waals surface area contributed by atoms with Crippen LogP contribution in [0.15, 0.2) is 48.5 Å². The van der Waals surface area contributed by atoms with Crippen LogP contribution >= 0.6 is 0 Å². The Bertz CT molecular complexity index is 816. The summed E-state index contributed by atoms with van der Waals surface area (Å²) in [6.07, 6.45) is 0.697. The Morgan fingerprint density at radius 3 is 2.41 bits per heavy atom. The highest BCUT2D eigenvalue weighted by Crippen LogP contribution is 2.15. The van der Waals surface area contributed by atoms with Crippen LogP contribution in [0.4, 0.5) is 5.69 Å². The summed E-state index contributed by atoms with van der Waals surface area (Å²) < 4.78 is 0. The van der Waals surface area contributed by atoms with E-state index in [1.54, 1.807) is 0 Å². The smallest absolute Gasteiger partial charge is 0.270 e. The first-order valence-corrected chi connectivity index (χ1v) is 8.75. The fourth-order valence-corrected chi connectivity index (χ4v) is 2.50. The monoisotopic (exact) mass is 369 g/mol. The minimum absolute atomic E-state index is 0.141. The molecule has 0 aliphatic carbocycles. The first kappa shape index (κ1) is 20.1. The number of hydrogen-bond acceptors (Lipinski definition) is 4. The molecule has 0 saturated heterocycles. The zero-order valence-corrected chi connectivity index (χ0v) is 15.4. The lowest BCUT2D eigenvalue weighted by Crippen LogP contribution is -2.37. The molecule has 0 heterocycles. The first-order chi connectivity index (χ1) is 12.9. The van der Waals surface area contributed by atoms with Crippen LogP contribution in [0.25, 0.3) is 0 Å². The van der Waals surface area contributed by atoms with Gasteiger partial charge in [0.05, 0.1) is 11.5 Å². The maximum Gasteiger partial charge on any atom is 0.270 e. The molecule has 0 fully saturated rings. The van der Waals surface area contributed by atoms with E-state index in [0.717, 1.165) is 5.56 Å². The number of nitrogens with zero attached hydrogens (tertiary/aromatic N) is 1. The van der Waals surface area contributed by atoms with Gasteiger partial charge >= 0.3 is 0 Å². The van der Waals surface area contributed by atoms with Crippen LogP contribution in [0.3, 0.4) is 0 Å². The van der Waals surface area contributed by atoms with Crippen molar-refractivity contribution < 1.29 is 14.5 Å². The molecule has 7 heteroatoms. The van der Waals surface area contributed by atoms with Gasteiger partial charge in [-0.15, -0.1) is 0 Å². The molecule has 0 saturated carbocycles. The van der Waals surface area contributed by atoms with Gasteiger partial charge in [0.15, 0.2) is 0 Å². The van der Waals surface area contributed by atoms with E-state index in [9.17, 15) is 19.7 Å². The molecule has 2 rings (SSSR count). The van der Waals surface area contributed by atoms with Crippen LogP contribution in [0.5, 0.6) is 0 Å². The van der Waals surface area contributed by atoms with E-state index in [1.807, 2.05) is 12.1 Å². The lowest BCUT2D eigenvalue weighted by Gasteiger charge is -2.09. The summed E-state index contributed by atoms with van der Waals surface area (Å²) in [5, 5.41) is 15.9. The lowest BCUT2D eigenvalue weighted by atomic mass is 10.0. The van der Waals surface area contributed by atoms with Gasteiger partial charge in [0, 0.05) is 24.2 Å². The van der Waals surface area contributed by atoms with Gasteiger partial charge in [-0.1, -0.05) is 44.2 Å². The minimum atomic E-state index is -0.572. The summed E-state index contributed by atoms with van der Waals surface area (Å²) in [4.78, 5) is 34.0. The standard InChI is InChI=1S/C20H23N3O4/c1-14(2)16-8-6-15(7-9-16)10-11-21-19(24)13-22-20(25)17-4-3-5-18(12-17)23(26)27/h3-9,12,14H,10-11,13H2,1-2H3,(H,21,24)(H,22,25). The van der Waals surface area contributed by atoms with Crippen LogP contribution in [0, 0.1) is 10.1 Å². The molecule has 0 aromatic heterocycles. The highest BCUT2D eigenvalue weighted by atomic mass is 16.6. The summed E-state index contributed by atoms with van der Waals surface area (Å²) >= 11 is 0. The van der Waals surface area contributed by atoms with E-state index in [-0.39, 0.29) is 23.7 Å². The Morgan fingerprint density at radius 2 is 1.78 bits per heavy atom. The van der Waals surface area contributed by atoms with Gasteiger partial charge in [-0.25, -0.2) is 0 Å².